The summed E-state index contributed by atoms with van der Waals surface area (Å²) >= 11 is 5.40. The number of nitrogens with one attached hydrogen (secondary N) is 1. The molecule has 0 saturated heterocycles. The first kappa shape index (κ1) is 16.9. The maximum Gasteiger partial charge on any atom is 0.302 e. The molecule has 1 heterocycles. The van der Waals surface area contributed by atoms with Crippen LogP contribution in [-0.2, 0) is 0 Å². The highest BCUT2D eigenvalue weighted by Gasteiger charge is 2.20. The molecule has 0 amide bonds. The lowest BCUT2D eigenvalue weighted by molar-refractivity contribution is -0.405. The van der Waals surface area contributed by atoms with Crippen molar-refractivity contribution in [1.82, 2.24) is 0 Å². The van der Waals surface area contributed by atoms with Crippen LogP contribution < -0.4 is 29.0 Å². The highest BCUT2D eigenvalue weighted by molar-refractivity contribution is 8.03. The van der Waals surface area contributed by atoms with Crippen LogP contribution >= 0.6 is 34.9 Å². The molecule has 0 unspecified atom stereocenters. The Morgan fingerprint density at radius 1 is 0.905 bits per heavy atom. The van der Waals surface area contributed by atoms with Crippen molar-refractivity contribution >= 4 is 34.9 Å². The van der Waals surface area contributed by atoms with Gasteiger partial charge in [0.25, 0.3) is 0 Å². The number of aromatic amines is 1. The molecule has 1 aromatic heterocycles. The molecule has 5 heteroatoms. The second kappa shape index (κ2) is 8.22. The highest BCUT2D eigenvalue weighted by Crippen LogP contribution is 2.37. The summed E-state index contributed by atoms with van der Waals surface area (Å²) in [4.78, 5) is 4.82. The van der Waals surface area contributed by atoms with Crippen molar-refractivity contribution in [3.8, 4) is 11.3 Å². The quantitative estimate of drug-likeness (QED) is 0.453. The first-order valence-electron chi connectivity index (χ1n) is 6.25. The molecule has 3 aromatic rings. The van der Waals surface area contributed by atoms with Gasteiger partial charge in [0.15, 0.2) is 0 Å². The van der Waals surface area contributed by atoms with E-state index < -0.39 is 0 Å². The van der Waals surface area contributed by atoms with Crippen LogP contribution in [0.3, 0.4) is 0 Å². The van der Waals surface area contributed by atoms with E-state index in [-0.39, 0.29) is 24.0 Å². The minimum atomic E-state index is 0. The van der Waals surface area contributed by atoms with Crippen molar-refractivity contribution in [2.45, 2.75) is 13.4 Å². The molecule has 21 heavy (non-hydrogen) atoms. The molecule has 0 aliphatic heterocycles. The Morgan fingerprint density at radius 2 is 1.52 bits per heavy atom. The largest absolute Gasteiger partial charge is 1.00 e. The Balaban J connectivity index is 0.00000161. The number of thiazole rings is 1. The van der Waals surface area contributed by atoms with E-state index in [1.54, 1.807) is 23.5 Å². The first-order chi connectivity index (χ1) is 9.86. The third-order valence-corrected chi connectivity index (χ3v) is 6.12. The fourth-order valence-corrected chi connectivity index (χ4v) is 4.97. The summed E-state index contributed by atoms with van der Waals surface area (Å²) in [7, 11) is 0. The summed E-state index contributed by atoms with van der Waals surface area (Å²) in [5.41, 5.74) is 2.47. The van der Waals surface area contributed by atoms with Gasteiger partial charge >= 0.3 is 4.34 Å². The minimum absolute atomic E-state index is 0. The lowest BCUT2D eigenvalue weighted by Crippen LogP contribution is -3.00. The minimum Gasteiger partial charge on any atom is -1.00 e. The van der Waals surface area contributed by atoms with Gasteiger partial charge in [-0.3, -0.25) is 0 Å². The van der Waals surface area contributed by atoms with Crippen molar-refractivity contribution in [2.24, 2.45) is 0 Å². The van der Waals surface area contributed by atoms with E-state index >= 15 is 0 Å². The van der Waals surface area contributed by atoms with Crippen molar-refractivity contribution < 1.29 is 29.0 Å². The van der Waals surface area contributed by atoms with Gasteiger partial charge in [0.05, 0.1) is 0 Å². The van der Waals surface area contributed by atoms with Crippen LogP contribution in [0.1, 0.15) is 0 Å². The smallest absolute Gasteiger partial charge is 0.302 e. The van der Waals surface area contributed by atoms with Crippen molar-refractivity contribution in [1.29, 1.82) is 0 Å². The molecule has 2 aromatic carbocycles. The zero-order chi connectivity index (χ0) is 13.8. The number of aromatic nitrogens is 1. The molecule has 0 bridgehead atoms. The van der Waals surface area contributed by atoms with Gasteiger partial charge < -0.3 is 24.0 Å². The zero-order valence-corrected chi connectivity index (χ0v) is 16.0. The number of halogens is 1. The van der Waals surface area contributed by atoms with Gasteiger partial charge in [-0.15, -0.1) is 11.8 Å². The Bertz CT molecular complexity index is 683. The molecule has 1 nitrogen and oxygen atoms in total. The van der Waals surface area contributed by atoms with Gasteiger partial charge in [-0.2, -0.15) is 4.98 Å². The molecular formula is C16H14INS3. The number of rotatable bonds is 4. The molecule has 1 N–H and O–H groups in total. The summed E-state index contributed by atoms with van der Waals surface area (Å²) in [5, 5.41) is 0. The van der Waals surface area contributed by atoms with E-state index in [0.29, 0.717) is 0 Å². The molecule has 0 aliphatic rings. The van der Waals surface area contributed by atoms with E-state index in [2.05, 4.69) is 59.8 Å². The SMILES string of the molecule is CSc1sc(Sc2ccccc2)[nH+]c1-c1ccccc1.[I-]. The summed E-state index contributed by atoms with van der Waals surface area (Å²) in [5.74, 6) is 0. The average molecular weight is 443 g/mol. The normalized spacial score (nSPS) is 10.1. The topological polar surface area (TPSA) is 14.1 Å². The third kappa shape index (κ3) is 4.25. The molecule has 0 aliphatic carbocycles. The number of benzene rings is 2. The predicted molar refractivity (Wildman–Crippen MR) is 88.7 cm³/mol. The van der Waals surface area contributed by atoms with Crippen LogP contribution in [0.25, 0.3) is 11.3 Å². The van der Waals surface area contributed by atoms with Crippen LogP contribution in [0.4, 0.5) is 0 Å². The summed E-state index contributed by atoms with van der Waals surface area (Å²) in [6, 6.07) is 21.0. The summed E-state index contributed by atoms with van der Waals surface area (Å²) < 4.78 is 2.55. The van der Waals surface area contributed by atoms with Gasteiger partial charge in [0.1, 0.15) is 4.21 Å². The number of hydrogen-bond acceptors (Lipinski definition) is 3. The van der Waals surface area contributed by atoms with Crippen molar-refractivity contribution in [3.05, 3.63) is 60.7 Å². The van der Waals surface area contributed by atoms with Crippen LogP contribution in [0, 0.1) is 0 Å². The maximum absolute atomic E-state index is 3.56. The van der Waals surface area contributed by atoms with Crippen LogP contribution in [0.15, 0.2) is 74.1 Å². The number of H-pyrrole nitrogens is 1. The number of thioether (sulfide) groups is 1. The maximum atomic E-state index is 3.56. The Hall–Kier alpha value is -0.500. The van der Waals surface area contributed by atoms with Gasteiger partial charge in [0.2, 0.25) is 5.69 Å². The molecule has 3 rings (SSSR count). The molecule has 0 saturated carbocycles. The predicted octanol–water partition coefficient (Wildman–Crippen LogP) is 2.11. The van der Waals surface area contributed by atoms with Crippen LogP contribution in [0.5, 0.6) is 0 Å². The highest BCUT2D eigenvalue weighted by atomic mass is 127. The lowest BCUT2D eigenvalue weighted by Gasteiger charge is -1.93. The fourth-order valence-electron chi connectivity index (χ4n) is 1.89. The second-order valence-corrected chi connectivity index (χ2v) is 7.60. The van der Waals surface area contributed by atoms with E-state index in [1.165, 1.54) is 24.7 Å². The van der Waals surface area contributed by atoms with Gasteiger partial charge in [-0.1, -0.05) is 36.4 Å². The number of hydrogen-bond donors (Lipinski definition) is 0. The van der Waals surface area contributed by atoms with Crippen LogP contribution in [-0.4, -0.2) is 6.26 Å². The zero-order valence-electron chi connectivity index (χ0n) is 11.4. The molecular weight excluding hydrogens is 429 g/mol. The summed E-state index contributed by atoms with van der Waals surface area (Å²) in [6.07, 6.45) is 2.13. The molecule has 0 radical (unpaired) electrons. The van der Waals surface area contributed by atoms with E-state index in [4.69, 9.17) is 0 Å². The van der Waals surface area contributed by atoms with E-state index in [9.17, 15) is 0 Å². The molecule has 0 spiro atoms. The standard InChI is InChI=1S/C16H13NS3.HI/c1-18-15-14(12-8-4-2-5-9-12)17-16(20-15)19-13-10-6-3-7-11-13;/h2-11H,1H3;1H. The van der Waals surface area contributed by atoms with Gasteiger partial charge in [-0.05, 0) is 53.6 Å². The van der Waals surface area contributed by atoms with Gasteiger partial charge in [0, 0.05) is 10.5 Å². The molecule has 0 fully saturated rings. The van der Waals surface area contributed by atoms with E-state index in [0.717, 1.165) is 0 Å². The Kier molecular flexibility index (Phi) is 6.60. The Morgan fingerprint density at radius 3 is 2.14 bits per heavy atom. The first-order valence-corrected chi connectivity index (χ1v) is 9.11. The third-order valence-electron chi connectivity index (χ3n) is 2.82. The van der Waals surface area contributed by atoms with Crippen molar-refractivity contribution in [3.63, 3.8) is 0 Å². The summed E-state index contributed by atoms with van der Waals surface area (Å²) in [6.45, 7) is 0. The van der Waals surface area contributed by atoms with Crippen LogP contribution in [0.2, 0.25) is 0 Å². The van der Waals surface area contributed by atoms with Crippen molar-refractivity contribution in [2.75, 3.05) is 6.26 Å². The molecule has 0 atom stereocenters. The average Bonchev–Trinajstić information content (AvgIpc) is 2.92. The Labute approximate surface area is 154 Å². The lowest BCUT2D eigenvalue weighted by atomic mass is 10.2. The fraction of sp³-hybridized carbons (Fsp3) is 0.0625. The molecule has 108 valence electrons. The second-order valence-electron chi connectivity index (χ2n) is 4.16. The monoisotopic (exact) mass is 443 g/mol. The van der Waals surface area contributed by atoms with Gasteiger partial charge in [-0.25, -0.2) is 0 Å². The van der Waals surface area contributed by atoms with E-state index in [1.807, 2.05) is 23.5 Å².